The third-order valence-electron chi connectivity index (χ3n) is 2.62. The zero-order valence-electron chi connectivity index (χ0n) is 10.5. The van der Waals surface area contributed by atoms with Gasteiger partial charge in [0.05, 0.1) is 12.1 Å². The Balaban J connectivity index is 2.13. The summed E-state index contributed by atoms with van der Waals surface area (Å²) in [5.74, 6) is -1.21. The van der Waals surface area contributed by atoms with Crippen LogP contribution < -0.4 is 5.32 Å². The molecular formula is C13H11BrN2O3S. The van der Waals surface area contributed by atoms with E-state index < -0.39 is 5.97 Å². The first kappa shape index (κ1) is 14.7. The summed E-state index contributed by atoms with van der Waals surface area (Å²) in [6.45, 7) is 1.84. The largest absolute Gasteiger partial charge is 0.481 e. The van der Waals surface area contributed by atoms with Crippen molar-refractivity contribution in [2.75, 3.05) is 5.32 Å². The predicted molar refractivity (Wildman–Crippen MR) is 80.3 cm³/mol. The average molecular weight is 355 g/mol. The molecule has 1 heterocycles. The molecular weight excluding hydrogens is 344 g/mol. The zero-order chi connectivity index (χ0) is 14.7. The highest BCUT2D eigenvalue weighted by Gasteiger charge is 2.13. The molecule has 0 radical (unpaired) electrons. The fourth-order valence-electron chi connectivity index (χ4n) is 1.62. The van der Waals surface area contributed by atoms with Gasteiger partial charge in [0.25, 0.3) is 5.91 Å². The number of nitrogens with one attached hydrogen (secondary N) is 1. The normalized spacial score (nSPS) is 10.3. The second kappa shape index (κ2) is 6.15. The highest BCUT2D eigenvalue weighted by Crippen LogP contribution is 2.22. The van der Waals surface area contributed by atoms with Crippen molar-refractivity contribution in [1.82, 2.24) is 4.98 Å². The van der Waals surface area contributed by atoms with Crippen molar-refractivity contribution in [3.05, 3.63) is 44.9 Å². The van der Waals surface area contributed by atoms with Gasteiger partial charge in [0.1, 0.15) is 0 Å². The minimum absolute atomic E-state index is 0.151. The van der Waals surface area contributed by atoms with Gasteiger partial charge in [-0.05, 0) is 24.6 Å². The number of anilines is 1. The van der Waals surface area contributed by atoms with Crippen molar-refractivity contribution < 1.29 is 14.7 Å². The fraction of sp³-hybridized carbons (Fsp3) is 0.154. The number of carboxylic acid groups (broad SMARTS) is 1. The van der Waals surface area contributed by atoms with Gasteiger partial charge in [0.15, 0.2) is 5.13 Å². The number of carbonyl (C=O) groups excluding carboxylic acids is 1. The monoisotopic (exact) mass is 354 g/mol. The van der Waals surface area contributed by atoms with Crippen LogP contribution in [0.15, 0.2) is 28.1 Å². The quantitative estimate of drug-likeness (QED) is 0.883. The van der Waals surface area contributed by atoms with Crippen LogP contribution in [0.3, 0.4) is 0 Å². The maximum Gasteiger partial charge on any atom is 0.309 e. The van der Waals surface area contributed by atoms with E-state index in [1.807, 2.05) is 13.0 Å². The number of benzene rings is 1. The van der Waals surface area contributed by atoms with Gasteiger partial charge in [-0.2, -0.15) is 0 Å². The number of aliphatic carboxylic acids is 1. The van der Waals surface area contributed by atoms with Crippen LogP contribution in [0, 0.1) is 6.92 Å². The number of rotatable bonds is 4. The number of nitrogens with zero attached hydrogens (tertiary/aromatic N) is 1. The van der Waals surface area contributed by atoms with Crippen LogP contribution in [0.1, 0.15) is 21.6 Å². The first-order chi connectivity index (χ1) is 9.47. The molecule has 0 bridgehead atoms. The third-order valence-corrected chi connectivity index (χ3v) is 4.28. The summed E-state index contributed by atoms with van der Waals surface area (Å²) in [5, 5.41) is 13.4. The molecule has 1 aromatic heterocycles. The number of hydrogen-bond donors (Lipinski definition) is 2. The van der Waals surface area contributed by atoms with Gasteiger partial charge in [-0.1, -0.05) is 22.0 Å². The molecule has 0 saturated carbocycles. The summed E-state index contributed by atoms with van der Waals surface area (Å²) in [6.07, 6.45) is -0.151. The molecule has 0 saturated heterocycles. The molecule has 0 aliphatic rings. The Labute approximate surface area is 127 Å². The maximum absolute atomic E-state index is 12.1. The van der Waals surface area contributed by atoms with Crippen LogP contribution in [0.25, 0.3) is 0 Å². The van der Waals surface area contributed by atoms with Gasteiger partial charge in [-0.3, -0.25) is 14.9 Å². The average Bonchev–Trinajstić information content (AvgIpc) is 2.79. The van der Waals surface area contributed by atoms with Crippen molar-refractivity contribution in [2.45, 2.75) is 13.3 Å². The Kier molecular flexibility index (Phi) is 4.51. The Morgan fingerprint density at radius 1 is 1.45 bits per heavy atom. The Hall–Kier alpha value is -1.73. The minimum Gasteiger partial charge on any atom is -0.481 e. The molecule has 5 nitrogen and oxygen atoms in total. The van der Waals surface area contributed by atoms with E-state index in [1.54, 1.807) is 17.5 Å². The van der Waals surface area contributed by atoms with Crippen LogP contribution in [0.5, 0.6) is 0 Å². The smallest absolute Gasteiger partial charge is 0.309 e. The highest BCUT2D eigenvalue weighted by atomic mass is 79.9. The molecule has 20 heavy (non-hydrogen) atoms. The first-order valence-corrected chi connectivity index (χ1v) is 7.37. The molecule has 0 atom stereocenters. The van der Waals surface area contributed by atoms with Crippen molar-refractivity contribution in [1.29, 1.82) is 0 Å². The molecule has 104 valence electrons. The van der Waals surface area contributed by atoms with Crippen LogP contribution >= 0.6 is 27.3 Å². The lowest BCUT2D eigenvalue weighted by Crippen LogP contribution is -2.13. The van der Waals surface area contributed by atoms with E-state index in [1.165, 1.54) is 11.3 Å². The molecule has 0 spiro atoms. The summed E-state index contributed by atoms with van der Waals surface area (Å²) >= 11 is 4.58. The summed E-state index contributed by atoms with van der Waals surface area (Å²) < 4.78 is 0.857. The lowest BCUT2D eigenvalue weighted by molar-refractivity contribution is -0.136. The van der Waals surface area contributed by atoms with E-state index in [9.17, 15) is 9.59 Å². The fourth-order valence-corrected chi connectivity index (χ4v) is 2.69. The lowest BCUT2D eigenvalue weighted by atomic mass is 10.1. The summed E-state index contributed by atoms with van der Waals surface area (Å²) in [6, 6.07) is 5.37. The molecule has 0 unspecified atom stereocenters. The van der Waals surface area contributed by atoms with E-state index in [2.05, 4.69) is 26.2 Å². The number of carbonyl (C=O) groups is 2. The number of halogens is 1. The Bertz CT molecular complexity index is 669. The standard InChI is InChI=1S/C13H11BrN2O3S/c1-7-9(3-2-4-10(7)14)12(19)16-13-15-8(6-20-13)5-11(17)18/h2-4,6H,5H2,1H3,(H,17,18)(H,15,16,19). The SMILES string of the molecule is Cc1c(Br)cccc1C(=O)Nc1nc(CC(=O)O)cs1. The lowest BCUT2D eigenvalue weighted by Gasteiger charge is -2.06. The number of hydrogen-bond acceptors (Lipinski definition) is 4. The number of carboxylic acids is 1. The zero-order valence-corrected chi connectivity index (χ0v) is 12.9. The second-order valence-electron chi connectivity index (χ2n) is 4.08. The van der Waals surface area contributed by atoms with Gasteiger partial charge < -0.3 is 5.11 Å². The molecule has 2 rings (SSSR count). The molecule has 0 aliphatic carbocycles. The maximum atomic E-state index is 12.1. The summed E-state index contributed by atoms with van der Waals surface area (Å²) in [4.78, 5) is 26.8. The van der Waals surface area contributed by atoms with Crippen LogP contribution in [0.2, 0.25) is 0 Å². The summed E-state index contributed by atoms with van der Waals surface area (Å²) in [5.41, 5.74) is 1.82. The van der Waals surface area contributed by atoms with Crippen LogP contribution in [-0.4, -0.2) is 22.0 Å². The van der Waals surface area contributed by atoms with Crippen molar-refractivity contribution in [3.63, 3.8) is 0 Å². The topological polar surface area (TPSA) is 79.3 Å². The van der Waals surface area contributed by atoms with Crippen molar-refractivity contribution in [2.24, 2.45) is 0 Å². The van der Waals surface area contributed by atoms with Crippen LogP contribution in [0.4, 0.5) is 5.13 Å². The Morgan fingerprint density at radius 3 is 2.90 bits per heavy atom. The van der Waals surface area contributed by atoms with Gasteiger partial charge in [0.2, 0.25) is 0 Å². The first-order valence-electron chi connectivity index (χ1n) is 5.70. The molecule has 2 N–H and O–H groups in total. The molecule has 1 aromatic carbocycles. The van der Waals surface area contributed by atoms with E-state index >= 15 is 0 Å². The highest BCUT2D eigenvalue weighted by molar-refractivity contribution is 9.10. The molecule has 2 aromatic rings. The third kappa shape index (κ3) is 3.43. The summed E-state index contributed by atoms with van der Waals surface area (Å²) in [7, 11) is 0. The van der Waals surface area contributed by atoms with Crippen LogP contribution in [-0.2, 0) is 11.2 Å². The van der Waals surface area contributed by atoms with Gasteiger partial charge in [-0.15, -0.1) is 11.3 Å². The van der Waals surface area contributed by atoms with Gasteiger partial charge in [-0.25, -0.2) is 4.98 Å². The number of thiazole rings is 1. The predicted octanol–water partition coefficient (Wildman–Crippen LogP) is 3.09. The van der Waals surface area contributed by atoms with Gasteiger partial charge in [0, 0.05) is 15.4 Å². The van der Waals surface area contributed by atoms with Crippen molar-refractivity contribution >= 4 is 44.3 Å². The van der Waals surface area contributed by atoms with E-state index in [0.717, 1.165) is 10.0 Å². The van der Waals surface area contributed by atoms with E-state index in [-0.39, 0.29) is 12.3 Å². The van der Waals surface area contributed by atoms with Gasteiger partial charge >= 0.3 is 5.97 Å². The molecule has 0 fully saturated rings. The van der Waals surface area contributed by atoms with Crippen molar-refractivity contribution in [3.8, 4) is 0 Å². The molecule has 1 amide bonds. The molecule has 0 aliphatic heterocycles. The number of aromatic nitrogens is 1. The molecule has 7 heteroatoms. The van der Waals surface area contributed by atoms with E-state index in [4.69, 9.17) is 5.11 Å². The second-order valence-corrected chi connectivity index (χ2v) is 5.79. The number of amides is 1. The minimum atomic E-state index is -0.948. The van der Waals surface area contributed by atoms with E-state index in [0.29, 0.717) is 16.4 Å². The Morgan fingerprint density at radius 2 is 2.20 bits per heavy atom.